The second kappa shape index (κ2) is 7.13. The van der Waals surface area contributed by atoms with Crippen molar-refractivity contribution in [1.29, 1.82) is 0 Å². The molecule has 0 saturated carbocycles. The van der Waals surface area contributed by atoms with Gasteiger partial charge in [0.1, 0.15) is 0 Å². The first-order chi connectivity index (χ1) is 13.1. The van der Waals surface area contributed by atoms with Crippen molar-refractivity contribution in [2.24, 2.45) is 4.99 Å². The number of hydrogen-bond acceptors (Lipinski definition) is 2. The van der Waals surface area contributed by atoms with Gasteiger partial charge < -0.3 is 0 Å². The van der Waals surface area contributed by atoms with E-state index in [1.807, 2.05) is 0 Å². The highest BCUT2D eigenvalue weighted by molar-refractivity contribution is 6.13. The van der Waals surface area contributed by atoms with Crippen LogP contribution in [0.3, 0.4) is 0 Å². The molecule has 3 aromatic carbocycles. The van der Waals surface area contributed by atoms with Crippen LogP contribution in [0, 0.1) is 0 Å². The molecule has 0 bridgehead atoms. The minimum absolute atomic E-state index is 0.292. The van der Waals surface area contributed by atoms with E-state index >= 15 is 0 Å². The third kappa shape index (κ3) is 3.22. The molecule has 0 aliphatic heterocycles. The van der Waals surface area contributed by atoms with Gasteiger partial charge in [0.15, 0.2) is 0 Å². The van der Waals surface area contributed by atoms with Crippen LogP contribution in [0.4, 0.5) is 5.69 Å². The molecular weight excluding hydrogens is 328 g/mol. The topological polar surface area (TPSA) is 15.6 Å². The molecule has 4 rings (SSSR count). The highest BCUT2D eigenvalue weighted by Gasteiger charge is 2.21. The summed E-state index contributed by atoms with van der Waals surface area (Å²) in [5, 5.41) is 2.52. The molecule has 2 nitrogen and oxygen atoms in total. The number of benzene rings is 3. The SMILES string of the molecule is CC(C)c1ccc(N=C2C=CC(N(C)C)c3ccccc32)c2ccccc12. The predicted molar refractivity (Wildman–Crippen MR) is 116 cm³/mol. The zero-order chi connectivity index (χ0) is 19.0. The van der Waals surface area contributed by atoms with Gasteiger partial charge in [-0.25, -0.2) is 4.99 Å². The lowest BCUT2D eigenvalue weighted by Gasteiger charge is -2.27. The van der Waals surface area contributed by atoms with Crippen LogP contribution in [0.5, 0.6) is 0 Å². The Hall–Kier alpha value is -2.71. The third-order valence-corrected chi connectivity index (χ3v) is 5.35. The van der Waals surface area contributed by atoms with Gasteiger partial charge in [-0.3, -0.25) is 4.90 Å². The molecular formula is C25H26N2. The van der Waals surface area contributed by atoms with Gasteiger partial charge in [0, 0.05) is 10.9 Å². The number of likely N-dealkylation sites (N-methyl/N-ethyl adjacent to an activating group) is 1. The first-order valence-electron chi connectivity index (χ1n) is 9.60. The van der Waals surface area contributed by atoms with Crippen LogP contribution in [0.25, 0.3) is 10.8 Å². The number of hydrogen-bond donors (Lipinski definition) is 0. The van der Waals surface area contributed by atoms with Crippen molar-refractivity contribution < 1.29 is 0 Å². The van der Waals surface area contributed by atoms with Crippen molar-refractivity contribution in [3.05, 3.63) is 89.5 Å². The van der Waals surface area contributed by atoms with Crippen LogP contribution in [0.15, 0.2) is 77.8 Å². The number of rotatable bonds is 3. The fourth-order valence-electron chi connectivity index (χ4n) is 3.95. The van der Waals surface area contributed by atoms with E-state index < -0.39 is 0 Å². The molecule has 0 amide bonds. The number of fused-ring (bicyclic) bond motifs is 2. The molecule has 0 heterocycles. The Kier molecular flexibility index (Phi) is 4.67. The van der Waals surface area contributed by atoms with E-state index in [1.165, 1.54) is 27.5 Å². The molecule has 0 spiro atoms. The number of aliphatic imine (C=N–C) groups is 1. The highest BCUT2D eigenvalue weighted by atomic mass is 15.1. The second-order valence-electron chi connectivity index (χ2n) is 7.73. The Bertz CT molecular complexity index is 1040. The van der Waals surface area contributed by atoms with Crippen molar-refractivity contribution in [3.63, 3.8) is 0 Å². The average molecular weight is 354 g/mol. The summed E-state index contributed by atoms with van der Waals surface area (Å²) in [5.74, 6) is 0.493. The summed E-state index contributed by atoms with van der Waals surface area (Å²) >= 11 is 0. The fraction of sp³-hybridized carbons (Fsp3) is 0.240. The summed E-state index contributed by atoms with van der Waals surface area (Å²) in [6, 6.07) is 21.9. The maximum atomic E-state index is 5.09. The molecule has 1 atom stereocenters. The smallest absolute Gasteiger partial charge is 0.0715 e. The zero-order valence-electron chi connectivity index (χ0n) is 16.5. The van der Waals surface area contributed by atoms with E-state index in [0.29, 0.717) is 12.0 Å². The maximum absolute atomic E-state index is 5.09. The molecule has 2 heteroatoms. The van der Waals surface area contributed by atoms with Crippen molar-refractivity contribution >= 4 is 22.2 Å². The maximum Gasteiger partial charge on any atom is 0.0715 e. The first-order valence-corrected chi connectivity index (χ1v) is 9.60. The standard InChI is InChI=1S/C25H26N2/c1-17(2)18-13-14-23(20-10-6-5-9-19(18)20)26-24-15-16-25(27(3)4)22-12-8-7-11-21(22)24/h5-17,25H,1-4H3. The van der Waals surface area contributed by atoms with E-state index in [2.05, 4.69) is 106 Å². The lowest BCUT2D eigenvalue weighted by atomic mass is 9.90. The Morgan fingerprint density at radius 2 is 1.56 bits per heavy atom. The Morgan fingerprint density at radius 3 is 2.30 bits per heavy atom. The molecule has 0 radical (unpaired) electrons. The summed E-state index contributed by atoms with van der Waals surface area (Å²) in [6.07, 6.45) is 4.41. The van der Waals surface area contributed by atoms with Gasteiger partial charge in [-0.15, -0.1) is 0 Å². The van der Waals surface area contributed by atoms with Gasteiger partial charge in [0.05, 0.1) is 17.4 Å². The number of nitrogens with zero attached hydrogens (tertiary/aromatic N) is 2. The van der Waals surface area contributed by atoms with Gasteiger partial charge >= 0.3 is 0 Å². The van der Waals surface area contributed by atoms with Crippen LogP contribution in [-0.4, -0.2) is 24.7 Å². The summed E-state index contributed by atoms with van der Waals surface area (Å²) in [4.78, 5) is 7.33. The minimum Gasteiger partial charge on any atom is -0.299 e. The van der Waals surface area contributed by atoms with Gasteiger partial charge in [-0.05, 0) is 48.7 Å². The Morgan fingerprint density at radius 1 is 0.852 bits per heavy atom. The summed E-state index contributed by atoms with van der Waals surface area (Å²) in [7, 11) is 4.23. The highest BCUT2D eigenvalue weighted by Crippen LogP contribution is 2.34. The van der Waals surface area contributed by atoms with Gasteiger partial charge in [0.25, 0.3) is 0 Å². The average Bonchev–Trinajstić information content (AvgIpc) is 2.68. The van der Waals surface area contributed by atoms with Crippen LogP contribution < -0.4 is 0 Å². The van der Waals surface area contributed by atoms with Crippen LogP contribution in [-0.2, 0) is 0 Å². The molecule has 1 aliphatic rings. The van der Waals surface area contributed by atoms with Crippen molar-refractivity contribution in [2.75, 3.05) is 14.1 Å². The quantitative estimate of drug-likeness (QED) is 0.542. The van der Waals surface area contributed by atoms with E-state index in [1.54, 1.807) is 0 Å². The van der Waals surface area contributed by atoms with Crippen molar-refractivity contribution in [3.8, 4) is 0 Å². The molecule has 0 saturated heterocycles. The summed E-state index contributed by atoms with van der Waals surface area (Å²) in [5.41, 5.74) is 5.98. The van der Waals surface area contributed by atoms with Crippen LogP contribution in [0.1, 0.15) is 42.5 Å². The molecule has 0 aromatic heterocycles. The van der Waals surface area contributed by atoms with E-state index in [0.717, 1.165) is 11.4 Å². The van der Waals surface area contributed by atoms with Gasteiger partial charge in [-0.2, -0.15) is 0 Å². The fourth-order valence-corrected chi connectivity index (χ4v) is 3.95. The van der Waals surface area contributed by atoms with Crippen LogP contribution >= 0.6 is 0 Å². The molecule has 136 valence electrons. The minimum atomic E-state index is 0.292. The molecule has 27 heavy (non-hydrogen) atoms. The Labute approximate surface area is 161 Å². The largest absolute Gasteiger partial charge is 0.299 e. The normalized spacial score (nSPS) is 17.9. The second-order valence-corrected chi connectivity index (χ2v) is 7.73. The number of allylic oxidation sites excluding steroid dienone is 1. The molecule has 1 aliphatic carbocycles. The van der Waals surface area contributed by atoms with Gasteiger partial charge in [-0.1, -0.05) is 74.5 Å². The lowest BCUT2D eigenvalue weighted by Crippen LogP contribution is -2.23. The molecule has 0 fully saturated rings. The van der Waals surface area contributed by atoms with E-state index in [4.69, 9.17) is 4.99 Å². The summed E-state index contributed by atoms with van der Waals surface area (Å²) < 4.78 is 0. The third-order valence-electron chi connectivity index (χ3n) is 5.35. The molecule has 1 unspecified atom stereocenters. The Balaban J connectivity index is 1.88. The van der Waals surface area contributed by atoms with Gasteiger partial charge in [0.2, 0.25) is 0 Å². The van der Waals surface area contributed by atoms with E-state index in [9.17, 15) is 0 Å². The van der Waals surface area contributed by atoms with Crippen LogP contribution in [0.2, 0.25) is 0 Å². The monoisotopic (exact) mass is 354 g/mol. The zero-order valence-corrected chi connectivity index (χ0v) is 16.5. The first kappa shape index (κ1) is 17.7. The molecule has 0 N–H and O–H groups in total. The van der Waals surface area contributed by atoms with E-state index in [-0.39, 0.29) is 0 Å². The molecule has 3 aromatic rings. The predicted octanol–water partition coefficient (Wildman–Crippen LogP) is 6.26. The van der Waals surface area contributed by atoms with Crippen molar-refractivity contribution in [2.45, 2.75) is 25.8 Å². The summed E-state index contributed by atoms with van der Waals surface area (Å²) in [6.45, 7) is 4.49. The lowest BCUT2D eigenvalue weighted by molar-refractivity contribution is 0.350. The van der Waals surface area contributed by atoms with Crippen molar-refractivity contribution in [1.82, 2.24) is 4.90 Å².